The van der Waals surface area contributed by atoms with Gasteiger partial charge in [0.25, 0.3) is 5.91 Å². The third-order valence-electron chi connectivity index (χ3n) is 4.66. The normalized spacial score (nSPS) is 20.0. The lowest BCUT2D eigenvalue weighted by Crippen LogP contribution is -2.56. The van der Waals surface area contributed by atoms with Crippen LogP contribution in [0.4, 0.5) is 30.7 Å². The van der Waals surface area contributed by atoms with Gasteiger partial charge in [-0.05, 0) is 12.1 Å². The highest BCUT2D eigenvalue weighted by Crippen LogP contribution is 2.51. The molecule has 2 aromatic carbocycles. The molecule has 0 fully saturated rings. The van der Waals surface area contributed by atoms with Gasteiger partial charge in [-0.3, -0.25) is 4.79 Å². The van der Waals surface area contributed by atoms with Gasteiger partial charge in [0.1, 0.15) is 11.5 Å². The van der Waals surface area contributed by atoms with Crippen LogP contribution >= 0.6 is 0 Å². The predicted octanol–water partition coefficient (Wildman–Crippen LogP) is 4.27. The number of carbonyl (C=O) groups excluding carboxylic acids is 1. The second kappa shape index (κ2) is 7.22. The third-order valence-corrected chi connectivity index (χ3v) is 4.66. The molecule has 0 saturated carbocycles. The highest BCUT2D eigenvalue weighted by molar-refractivity contribution is 6.02. The monoisotopic (exact) mass is 450 g/mol. The van der Waals surface area contributed by atoms with Crippen LogP contribution in [0.25, 0.3) is 0 Å². The molecule has 1 aliphatic rings. The minimum absolute atomic E-state index is 0.0346. The van der Waals surface area contributed by atoms with Crippen LogP contribution < -0.4 is 0 Å². The molecule has 5 nitrogen and oxygen atoms in total. The molecule has 12 heteroatoms. The quantitative estimate of drug-likeness (QED) is 0.684. The van der Waals surface area contributed by atoms with Crippen molar-refractivity contribution < 1.29 is 45.7 Å². The van der Waals surface area contributed by atoms with Crippen molar-refractivity contribution in [1.82, 2.24) is 5.01 Å². The fourth-order valence-corrected chi connectivity index (χ4v) is 2.99. The number of carbonyl (C=O) groups is 1. The average molecular weight is 450 g/mol. The number of hydrazone groups is 1. The minimum Gasteiger partial charge on any atom is -0.507 e. The van der Waals surface area contributed by atoms with E-state index in [1.165, 1.54) is 30.3 Å². The molecule has 1 amide bonds. The lowest BCUT2D eigenvalue weighted by atomic mass is 9.93. The first kappa shape index (κ1) is 22.5. The maximum atomic E-state index is 14.3. The number of hydrogen-bond donors (Lipinski definition) is 2. The van der Waals surface area contributed by atoms with Crippen molar-refractivity contribution in [2.24, 2.45) is 5.10 Å². The Balaban J connectivity index is 2.15. The Bertz CT molecular complexity index is 1020. The van der Waals surface area contributed by atoms with E-state index in [1.54, 1.807) is 0 Å². The van der Waals surface area contributed by atoms with Crippen molar-refractivity contribution in [3.05, 3.63) is 65.7 Å². The molecule has 0 bridgehead atoms. The number of rotatable bonds is 4. The van der Waals surface area contributed by atoms with Crippen molar-refractivity contribution >= 4 is 11.6 Å². The SMILES string of the molecule is O=C(c1ccccc1O)N1N=C(C(F)(F)C(F)(F)C(F)(F)F)C[C@]1(O)c1ccccc1. The molecule has 1 atom stereocenters. The average Bonchev–Trinajstić information content (AvgIpc) is 3.07. The van der Waals surface area contributed by atoms with E-state index in [-0.39, 0.29) is 10.6 Å². The first-order chi connectivity index (χ1) is 14.2. The van der Waals surface area contributed by atoms with Crippen LogP contribution in [-0.4, -0.2) is 44.9 Å². The molecule has 0 aliphatic carbocycles. The Morgan fingerprint density at radius 3 is 2.03 bits per heavy atom. The Kier molecular flexibility index (Phi) is 5.25. The highest BCUT2D eigenvalue weighted by atomic mass is 19.4. The fourth-order valence-electron chi connectivity index (χ4n) is 2.99. The van der Waals surface area contributed by atoms with Crippen molar-refractivity contribution in [3.63, 3.8) is 0 Å². The van der Waals surface area contributed by atoms with Gasteiger partial charge in [-0.15, -0.1) is 0 Å². The summed E-state index contributed by atoms with van der Waals surface area (Å²) < 4.78 is 93.5. The zero-order valence-electron chi connectivity index (χ0n) is 15.2. The Morgan fingerprint density at radius 2 is 1.48 bits per heavy atom. The first-order valence-corrected chi connectivity index (χ1v) is 8.54. The van der Waals surface area contributed by atoms with Gasteiger partial charge in [-0.1, -0.05) is 42.5 Å². The zero-order valence-corrected chi connectivity index (χ0v) is 15.2. The second-order valence-corrected chi connectivity index (χ2v) is 6.69. The van der Waals surface area contributed by atoms with E-state index >= 15 is 0 Å². The van der Waals surface area contributed by atoms with E-state index < -0.39 is 53.1 Å². The number of nitrogens with zero attached hydrogens (tertiary/aromatic N) is 2. The number of para-hydroxylation sites is 1. The van der Waals surface area contributed by atoms with Crippen molar-refractivity contribution in [2.45, 2.75) is 30.2 Å². The number of hydrogen-bond acceptors (Lipinski definition) is 4. The molecule has 0 spiro atoms. The topological polar surface area (TPSA) is 73.1 Å². The van der Waals surface area contributed by atoms with Crippen LogP contribution in [-0.2, 0) is 5.72 Å². The standard InChI is InChI=1S/C19H13F7N2O3/c20-17(21,18(22,23)19(24,25)26)14-10-16(31,11-6-2-1-3-7-11)28(27-14)15(30)12-8-4-5-9-13(12)29/h1-9,29,31H,10H2/t16-/m0/s1. The summed E-state index contributed by atoms with van der Waals surface area (Å²) in [6, 6.07) is 11.0. The number of phenols is 1. The Labute approximate surface area is 170 Å². The molecule has 2 N–H and O–H groups in total. The summed E-state index contributed by atoms with van der Waals surface area (Å²) in [4.78, 5) is 12.8. The molecular formula is C19H13F7N2O3. The van der Waals surface area contributed by atoms with Gasteiger partial charge in [-0.2, -0.15) is 40.8 Å². The number of amides is 1. The van der Waals surface area contributed by atoms with Gasteiger partial charge in [0.05, 0.1) is 5.56 Å². The summed E-state index contributed by atoms with van der Waals surface area (Å²) in [5.74, 6) is -14.4. The number of halogens is 7. The van der Waals surface area contributed by atoms with Crippen LogP contribution in [0.5, 0.6) is 5.75 Å². The Hall–Kier alpha value is -3.15. The largest absolute Gasteiger partial charge is 0.507 e. The maximum Gasteiger partial charge on any atom is 0.460 e. The van der Waals surface area contributed by atoms with Crippen molar-refractivity contribution in [3.8, 4) is 5.75 Å². The highest BCUT2D eigenvalue weighted by Gasteiger charge is 2.76. The molecule has 31 heavy (non-hydrogen) atoms. The summed E-state index contributed by atoms with van der Waals surface area (Å²) in [7, 11) is 0. The van der Waals surface area contributed by atoms with Gasteiger partial charge in [-0.25, -0.2) is 0 Å². The lowest BCUT2D eigenvalue weighted by molar-refractivity contribution is -0.336. The van der Waals surface area contributed by atoms with E-state index in [1.807, 2.05) is 0 Å². The lowest BCUT2D eigenvalue weighted by Gasteiger charge is -2.32. The summed E-state index contributed by atoms with van der Waals surface area (Å²) in [5.41, 5.74) is -5.69. The van der Waals surface area contributed by atoms with E-state index in [0.29, 0.717) is 0 Å². The van der Waals surface area contributed by atoms with Crippen LogP contribution in [0.15, 0.2) is 59.7 Å². The summed E-state index contributed by atoms with van der Waals surface area (Å²) in [6.07, 6.45) is -8.16. The van der Waals surface area contributed by atoms with E-state index in [2.05, 4.69) is 5.10 Å². The van der Waals surface area contributed by atoms with Crippen LogP contribution in [0.1, 0.15) is 22.3 Å². The molecule has 0 unspecified atom stereocenters. The number of aliphatic hydroxyl groups is 1. The van der Waals surface area contributed by atoms with Gasteiger partial charge >= 0.3 is 18.0 Å². The number of phenolic OH excluding ortho intramolecular Hbond substituents is 1. The molecule has 0 aromatic heterocycles. The van der Waals surface area contributed by atoms with E-state index in [4.69, 9.17) is 0 Å². The number of benzene rings is 2. The molecule has 0 saturated heterocycles. The predicted molar refractivity (Wildman–Crippen MR) is 92.6 cm³/mol. The van der Waals surface area contributed by atoms with E-state index in [0.717, 1.165) is 24.3 Å². The maximum absolute atomic E-state index is 14.3. The molecule has 2 aromatic rings. The van der Waals surface area contributed by atoms with Crippen molar-refractivity contribution in [2.75, 3.05) is 0 Å². The zero-order chi connectivity index (χ0) is 23.2. The molecule has 3 rings (SSSR count). The van der Waals surface area contributed by atoms with Crippen LogP contribution in [0.2, 0.25) is 0 Å². The number of aromatic hydroxyl groups is 1. The second-order valence-electron chi connectivity index (χ2n) is 6.69. The van der Waals surface area contributed by atoms with Crippen LogP contribution in [0, 0.1) is 0 Å². The number of alkyl halides is 7. The van der Waals surface area contributed by atoms with Crippen molar-refractivity contribution in [1.29, 1.82) is 0 Å². The minimum atomic E-state index is -6.63. The molecule has 0 radical (unpaired) electrons. The Morgan fingerprint density at radius 1 is 0.935 bits per heavy atom. The van der Waals surface area contributed by atoms with Crippen LogP contribution in [0.3, 0.4) is 0 Å². The molecular weight excluding hydrogens is 437 g/mol. The smallest absolute Gasteiger partial charge is 0.460 e. The van der Waals surface area contributed by atoms with Gasteiger partial charge < -0.3 is 10.2 Å². The van der Waals surface area contributed by atoms with Gasteiger partial charge in [0, 0.05) is 12.0 Å². The molecule has 1 aliphatic heterocycles. The molecule has 166 valence electrons. The first-order valence-electron chi connectivity index (χ1n) is 8.54. The fraction of sp³-hybridized carbons (Fsp3) is 0.263. The van der Waals surface area contributed by atoms with E-state index in [9.17, 15) is 45.7 Å². The van der Waals surface area contributed by atoms with Gasteiger partial charge in [0.2, 0.25) is 0 Å². The third kappa shape index (κ3) is 3.50. The molecule has 1 heterocycles. The summed E-state index contributed by atoms with van der Waals surface area (Å²) >= 11 is 0. The summed E-state index contributed by atoms with van der Waals surface area (Å²) in [6.45, 7) is 0. The summed E-state index contributed by atoms with van der Waals surface area (Å²) in [5, 5.41) is 23.8. The van der Waals surface area contributed by atoms with Gasteiger partial charge in [0.15, 0.2) is 5.72 Å².